The van der Waals surface area contributed by atoms with Gasteiger partial charge in [0.1, 0.15) is 19.3 Å². The molecule has 0 aromatic rings. The molecule has 7 nitrogen and oxygen atoms in total. The van der Waals surface area contributed by atoms with Crippen LogP contribution < -0.4 is 10.2 Å². The van der Waals surface area contributed by atoms with Crippen LogP contribution in [0.15, 0.2) is 0 Å². The highest BCUT2D eigenvalue weighted by Crippen LogP contribution is 2.39. The monoisotopic (exact) mass is 508 g/mol. The summed E-state index contributed by atoms with van der Waals surface area (Å²) >= 11 is 0. The lowest BCUT2D eigenvalue weighted by atomic mass is 10.0. The lowest BCUT2D eigenvalue weighted by molar-refractivity contribution is -0.870. The summed E-state index contributed by atoms with van der Waals surface area (Å²) in [6.45, 7) is 6.98. The maximum atomic E-state index is 12.2. The molecule has 34 heavy (non-hydrogen) atoms. The Labute approximate surface area is 211 Å². The molecule has 0 aliphatic rings. The van der Waals surface area contributed by atoms with Gasteiger partial charge in [0, 0.05) is 13.2 Å². The van der Waals surface area contributed by atoms with Crippen LogP contribution in [0, 0.1) is 0 Å². The van der Waals surface area contributed by atoms with E-state index >= 15 is 0 Å². The quantitative estimate of drug-likeness (QED) is 0.0921. The molecule has 0 radical (unpaired) electrons. The largest absolute Gasteiger partial charge is 0.756 e. The maximum absolute atomic E-state index is 12.2. The number of ether oxygens (including phenoxy) is 1. The Balaban J connectivity index is 3.76. The van der Waals surface area contributed by atoms with E-state index in [0.717, 1.165) is 19.4 Å². The third kappa shape index (κ3) is 25.1. The minimum Gasteiger partial charge on any atom is -0.756 e. The molecule has 0 heterocycles. The number of nitrogens with zero attached hydrogens (tertiary/aromatic N) is 1. The first kappa shape index (κ1) is 34.0. The van der Waals surface area contributed by atoms with Crippen LogP contribution in [0.2, 0.25) is 0 Å². The minimum atomic E-state index is -4.35. The van der Waals surface area contributed by atoms with Crippen LogP contribution in [-0.4, -0.2) is 71.2 Å². The SMILES string of the molecule is CCCCCCCCCCCCCCCCOCC(CNCC)OP(=O)([O-])OCC[N+](C)(C)C. The molecule has 0 fully saturated rings. The lowest BCUT2D eigenvalue weighted by Crippen LogP contribution is -2.38. The van der Waals surface area contributed by atoms with Gasteiger partial charge < -0.3 is 28.5 Å². The van der Waals surface area contributed by atoms with Gasteiger partial charge in [0.25, 0.3) is 7.82 Å². The van der Waals surface area contributed by atoms with Crippen LogP contribution >= 0.6 is 7.82 Å². The summed E-state index contributed by atoms with van der Waals surface area (Å²) in [7, 11) is 1.61. The third-order valence-electron chi connectivity index (χ3n) is 5.86. The predicted molar refractivity (Wildman–Crippen MR) is 141 cm³/mol. The summed E-state index contributed by atoms with van der Waals surface area (Å²) in [4.78, 5) is 12.2. The molecular formula is C26H57N2O5P. The fraction of sp³-hybridized carbons (Fsp3) is 1.00. The zero-order chi connectivity index (χ0) is 25.5. The molecule has 8 heteroatoms. The van der Waals surface area contributed by atoms with Crippen molar-refractivity contribution in [1.82, 2.24) is 5.32 Å². The van der Waals surface area contributed by atoms with E-state index in [-0.39, 0.29) is 13.2 Å². The fourth-order valence-corrected chi connectivity index (χ4v) is 4.55. The molecule has 0 saturated heterocycles. The molecule has 1 N–H and O–H groups in total. The summed E-state index contributed by atoms with van der Waals surface area (Å²) in [5.41, 5.74) is 0. The lowest BCUT2D eigenvalue weighted by Gasteiger charge is -2.30. The molecule has 0 bridgehead atoms. The predicted octanol–water partition coefficient (Wildman–Crippen LogP) is 5.67. The van der Waals surface area contributed by atoms with Gasteiger partial charge in [0.05, 0.1) is 27.7 Å². The smallest absolute Gasteiger partial charge is 0.268 e. The highest BCUT2D eigenvalue weighted by molar-refractivity contribution is 7.45. The highest BCUT2D eigenvalue weighted by Gasteiger charge is 2.19. The van der Waals surface area contributed by atoms with Crippen molar-refractivity contribution in [1.29, 1.82) is 0 Å². The second-order valence-corrected chi connectivity index (χ2v) is 11.9. The Morgan fingerprint density at radius 1 is 0.794 bits per heavy atom. The number of phosphoric ester groups is 1. The van der Waals surface area contributed by atoms with E-state index in [9.17, 15) is 9.46 Å². The number of phosphoric acid groups is 1. The Hall–Kier alpha value is -0.0100. The van der Waals surface area contributed by atoms with Crippen molar-refractivity contribution in [2.24, 2.45) is 0 Å². The van der Waals surface area contributed by atoms with Gasteiger partial charge in [-0.3, -0.25) is 4.57 Å². The zero-order valence-electron chi connectivity index (χ0n) is 23.2. The highest BCUT2D eigenvalue weighted by atomic mass is 31.2. The Bertz CT molecular complexity index is 488. The van der Waals surface area contributed by atoms with E-state index < -0.39 is 13.9 Å². The first-order valence-electron chi connectivity index (χ1n) is 13.9. The van der Waals surface area contributed by atoms with Gasteiger partial charge >= 0.3 is 0 Å². The van der Waals surface area contributed by atoms with Crippen molar-refractivity contribution in [2.75, 3.05) is 60.6 Å². The molecule has 2 atom stereocenters. The zero-order valence-corrected chi connectivity index (χ0v) is 24.0. The number of likely N-dealkylation sites (N-methyl/N-ethyl adjacent to an activating group) is 2. The second-order valence-electron chi connectivity index (χ2n) is 10.5. The molecule has 0 rings (SSSR count). The number of rotatable bonds is 26. The van der Waals surface area contributed by atoms with Gasteiger partial charge in [0.2, 0.25) is 0 Å². The molecule has 0 aliphatic carbocycles. The van der Waals surface area contributed by atoms with Crippen molar-refractivity contribution in [3.63, 3.8) is 0 Å². The molecule has 2 unspecified atom stereocenters. The number of unbranched alkanes of at least 4 members (excludes halogenated alkanes) is 13. The summed E-state index contributed by atoms with van der Waals surface area (Å²) in [5.74, 6) is 0. The number of hydrogen-bond acceptors (Lipinski definition) is 6. The van der Waals surface area contributed by atoms with Gasteiger partial charge in [-0.05, 0) is 13.0 Å². The van der Waals surface area contributed by atoms with Crippen LogP contribution in [0.25, 0.3) is 0 Å². The molecule has 0 aromatic heterocycles. The van der Waals surface area contributed by atoms with E-state index in [1.807, 2.05) is 28.1 Å². The Morgan fingerprint density at radius 3 is 1.76 bits per heavy atom. The van der Waals surface area contributed by atoms with Crippen molar-refractivity contribution in [3.8, 4) is 0 Å². The third-order valence-corrected chi connectivity index (χ3v) is 6.91. The summed E-state index contributed by atoms with van der Waals surface area (Å²) in [6.07, 6.45) is 18.0. The first-order valence-corrected chi connectivity index (χ1v) is 15.4. The van der Waals surface area contributed by atoms with Gasteiger partial charge in [-0.2, -0.15) is 0 Å². The van der Waals surface area contributed by atoms with Crippen molar-refractivity contribution in [3.05, 3.63) is 0 Å². The normalized spacial score (nSPS) is 14.9. The average molecular weight is 509 g/mol. The standard InChI is InChI=1S/C26H57N2O5P/c1-6-8-9-10-11-12-13-14-15-16-17-18-19-20-22-31-25-26(24-27-7-2)33-34(29,30)32-23-21-28(3,4)5/h26-27H,6-25H2,1-5H3. The maximum Gasteiger partial charge on any atom is 0.268 e. The number of hydrogen-bond donors (Lipinski definition) is 1. The Kier molecular flexibility index (Phi) is 22.2. The molecular weight excluding hydrogens is 451 g/mol. The molecule has 206 valence electrons. The molecule has 0 aromatic carbocycles. The Morgan fingerprint density at radius 2 is 1.29 bits per heavy atom. The van der Waals surface area contributed by atoms with E-state index in [1.165, 1.54) is 77.0 Å². The summed E-state index contributed by atoms with van der Waals surface area (Å²) < 4.78 is 28.8. The number of quaternary nitrogens is 1. The summed E-state index contributed by atoms with van der Waals surface area (Å²) in [5, 5.41) is 3.13. The topological polar surface area (TPSA) is 79.9 Å². The molecule has 0 aliphatic heterocycles. The van der Waals surface area contributed by atoms with Gasteiger partial charge in [0.15, 0.2) is 0 Å². The van der Waals surface area contributed by atoms with Crippen molar-refractivity contribution >= 4 is 7.82 Å². The number of nitrogens with one attached hydrogen (secondary N) is 1. The fourth-order valence-electron chi connectivity index (χ4n) is 3.68. The molecule has 0 saturated carbocycles. The van der Waals surface area contributed by atoms with Crippen LogP contribution in [0.5, 0.6) is 0 Å². The average Bonchev–Trinajstić information content (AvgIpc) is 2.75. The van der Waals surface area contributed by atoms with E-state index in [1.54, 1.807) is 0 Å². The first-order chi connectivity index (χ1) is 16.2. The van der Waals surface area contributed by atoms with E-state index in [4.69, 9.17) is 13.8 Å². The summed E-state index contributed by atoms with van der Waals surface area (Å²) in [6, 6.07) is 0. The van der Waals surface area contributed by atoms with E-state index in [2.05, 4.69) is 12.2 Å². The van der Waals surface area contributed by atoms with Crippen LogP contribution in [0.3, 0.4) is 0 Å². The van der Waals surface area contributed by atoms with Crippen LogP contribution in [-0.2, 0) is 18.3 Å². The van der Waals surface area contributed by atoms with E-state index in [0.29, 0.717) is 24.2 Å². The van der Waals surface area contributed by atoms with Crippen LogP contribution in [0.1, 0.15) is 104 Å². The van der Waals surface area contributed by atoms with Gasteiger partial charge in [-0.1, -0.05) is 97.3 Å². The van der Waals surface area contributed by atoms with Crippen molar-refractivity contribution < 1.29 is 27.7 Å². The second kappa shape index (κ2) is 22.2. The van der Waals surface area contributed by atoms with Gasteiger partial charge in [-0.25, -0.2) is 0 Å². The van der Waals surface area contributed by atoms with Gasteiger partial charge in [-0.15, -0.1) is 0 Å². The molecule has 0 amide bonds. The molecule has 0 spiro atoms. The van der Waals surface area contributed by atoms with Crippen LogP contribution in [0.4, 0.5) is 0 Å². The van der Waals surface area contributed by atoms with Crippen molar-refractivity contribution in [2.45, 2.75) is 110 Å². The minimum absolute atomic E-state index is 0.109.